The Hall–Kier alpha value is -2.21. The van der Waals surface area contributed by atoms with Gasteiger partial charge in [-0.25, -0.2) is 9.78 Å². The second kappa shape index (κ2) is 8.50. The summed E-state index contributed by atoms with van der Waals surface area (Å²) in [6, 6.07) is 10.1. The summed E-state index contributed by atoms with van der Waals surface area (Å²) in [6.45, 7) is 12.6. The number of aromatic nitrogens is 2. The van der Waals surface area contributed by atoms with Crippen LogP contribution in [0.3, 0.4) is 0 Å². The number of rotatable bonds is 5. The van der Waals surface area contributed by atoms with E-state index in [1.807, 2.05) is 24.4 Å². The zero-order valence-electron chi connectivity index (χ0n) is 18.7. The minimum Gasteiger partial charge on any atom is -0.511 e. The van der Waals surface area contributed by atoms with Crippen LogP contribution in [0.5, 0.6) is 0 Å². The van der Waals surface area contributed by atoms with E-state index >= 15 is 0 Å². The first-order valence-corrected chi connectivity index (χ1v) is 11.2. The number of carbonyl (C=O) groups is 1. The molecule has 2 aromatic rings. The first kappa shape index (κ1) is 22.5. The summed E-state index contributed by atoms with van der Waals surface area (Å²) >= 11 is 1.19. The fourth-order valence-electron chi connectivity index (χ4n) is 3.28. The van der Waals surface area contributed by atoms with Crippen LogP contribution in [0.2, 0.25) is 0 Å². The van der Waals surface area contributed by atoms with Crippen molar-refractivity contribution in [3.63, 3.8) is 0 Å². The zero-order valence-corrected chi connectivity index (χ0v) is 19.5. The van der Waals surface area contributed by atoms with Crippen molar-refractivity contribution >= 4 is 17.7 Å². The van der Waals surface area contributed by atoms with Crippen molar-refractivity contribution in [2.75, 3.05) is 0 Å². The Morgan fingerprint density at radius 3 is 2.40 bits per heavy atom. The molecule has 5 nitrogen and oxygen atoms in total. The van der Waals surface area contributed by atoms with E-state index in [4.69, 9.17) is 9.72 Å². The highest BCUT2D eigenvalue weighted by molar-refractivity contribution is 8.03. The molecule has 30 heavy (non-hydrogen) atoms. The summed E-state index contributed by atoms with van der Waals surface area (Å²) in [4.78, 5) is 17.7. The van der Waals surface area contributed by atoms with Gasteiger partial charge in [-0.05, 0) is 50.9 Å². The third kappa shape index (κ3) is 5.28. The number of nitrogens with zero attached hydrogens (tertiary/aromatic N) is 2. The Labute approximate surface area is 183 Å². The monoisotopic (exact) mass is 428 g/mol. The third-order valence-corrected chi connectivity index (χ3v) is 6.18. The Morgan fingerprint density at radius 2 is 1.83 bits per heavy atom. The van der Waals surface area contributed by atoms with Crippen LogP contribution < -0.4 is 0 Å². The number of thioether (sulfide) groups is 1. The lowest BCUT2D eigenvalue weighted by Crippen LogP contribution is -2.27. The molecule has 0 aliphatic carbocycles. The molecule has 1 aromatic carbocycles. The molecule has 3 rings (SSSR count). The summed E-state index contributed by atoms with van der Waals surface area (Å²) in [6.07, 6.45) is 3.55. The van der Waals surface area contributed by atoms with Crippen molar-refractivity contribution in [2.45, 2.75) is 83.0 Å². The molecule has 1 unspecified atom stereocenters. The van der Waals surface area contributed by atoms with Crippen LogP contribution >= 0.6 is 11.8 Å². The molecule has 1 aromatic heterocycles. The van der Waals surface area contributed by atoms with Crippen molar-refractivity contribution in [2.24, 2.45) is 0 Å². The van der Waals surface area contributed by atoms with E-state index in [2.05, 4.69) is 58.2 Å². The van der Waals surface area contributed by atoms with E-state index in [0.717, 1.165) is 12.1 Å². The van der Waals surface area contributed by atoms with Gasteiger partial charge < -0.3 is 14.4 Å². The van der Waals surface area contributed by atoms with Gasteiger partial charge in [0.1, 0.15) is 16.8 Å². The number of aliphatic hydroxyl groups is 1. The van der Waals surface area contributed by atoms with Gasteiger partial charge in [-0.3, -0.25) is 0 Å². The van der Waals surface area contributed by atoms with Gasteiger partial charge in [0, 0.05) is 23.6 Å². The molecule has 162 valence electrons. The second-order valence-electron chi connectivity index (χ2n) is 9.83. The molecule has 2 heterocycles. The van der Waals surface area contributed by atoms with Crippen LogP contribution in [0.4, 0.5) is 0 Å². The lowest BCUT2D eigenvalue weighted by Gasteiger charge is -2.26. The summed E-state index contributed by atoms with van der Waals surface area (Å²) in [5.41, 5.74) is 1.83. The number of carbonyl (C=O) groups excluding carboxylic acids is 1. The Balaban J connectivity index is 1.78. The van der Waals surface area contributed by atoms with E-state index in [1.165, 1.54) is 17.3 Å². The van der Waals surface area contributed by atoms with Crippen LogP contribution in [0, 0.1) is 0 Å². The fourth-order valence-corrected chi connectivity index (χ4v) is 4.36. The van der Waals surface area contributed by atoms with Crippen LogP contribution in [0.25, 0.3) is 0 Å². The Bertz CT molecular complexity index is 934. The van der Waals surface area contributed by atoms with Crippen molar-refractivity contribution in [1.82, 2.24) is 9.55 Å². The number of benzene rings is 1. The van der Waals surface area contributed by atoms with Crippen molar-refractivity contribution < 1.29 is 14.6 Å². The lowest BCUT2D eigenvalue weighted by atomic mass is 9.93. The molecule has 0 saturated carbocycles. The average molecular weight is 429 g/mol. The molecule has 6 heteroatoms. The topological polar surface area (TPSA) is 64.3 Å². The van der Waals surface area contributed by atoms with Gasteiger partial charge in [-0.15, -0.1) is 0 Å². The normalized spacial score (nSPS) is 17.9. The van der Waals surface area contributed by atoms with Crippen LogP contribution in [-0.4, -0.2) is 26.7 Å². The number of imidazole rings is 1. The first-order chi connectivity index (χ1) is 13.9. The van der Waals surface area contributed by atoms with E-state index in [9.17, 15) is 9.90 Å². The number of hydrogen-bond donors (Lipinski definition) is 1. The molecule has 0 amide bonds. The van der Waals surface area contributed by atoms with Gasteiger partial charge in [-0.2, -0.15) is 0 Å². The second-order valence-corrected chi connectivity index (χ2v) is 10.8. The molecular formula is C24H32N2O3S. The van der Waals surface area contributed by atoms with Gasteiger partial charge in [0.15, 0.2) is 5.16 Å². The molecule has 0 spiro atoms. The van der Waals surface area contributed by atoms with Gasteiger partial charge in [0.2, 0.25) is 0 Å². The summed E-state index contributed by atoms with van der Waals surface area (Å²) in [5.74, 6) is -0.377. The largest absolute Gasteiger partial charge is 0.511 e. The first-order valence-electron chi connectivity index (χ1n) is 10.4. The highest BCUT2D eigenvalue weighted by atomic mass is 32.2. The summed E-state index contributed by atoms with van der Waals surface area (Å²) in [7, 11) is 0. The smallest absolute Gasteiger partial charge is 0.348 e. The minimum atomic E-state index is -0.470. The molecule has 0 fully saturated rings. The molecule has 1 atom stereocenters. The predicted octanol–water partition coefficient (Wildman–Crippen LogP) is 5.75. The maximum Gasteiger partial charge on any atom is 0.348 e. The molecule has 0 saturated heterocycles. The van der Waals surface area contributed by atoms with Crippen LogP contribution in [-0.2, 0) is 26.9 Å². The number of aryl methyl sites for hydroxylation is 1. The zero-order chi connectivity index (χ0) is 22.1. The van der Waals surface area contributed by atoms with Crippen molar-refractivity contribution in [3.05, 3.63) is 58.5 Å². The maximum atomic E-state index is 12.7. The molecule has 1 aliphatic heterocycles. The van der Waals surface area contributed by atoms with E-state index in [1.54, 1.807) is 0 Å². The highest BCUT2D eigenvalue weighted by Gasteiger charge is 2.33. The number of cyclic esters (lactones) is 1. The quantitative estimate of drug-likeness (QED) is 0.615. The number of aliphatic hydroxyl groups excluding tert-OH is 1. The lowest BCUT2D eigenvalue weighted by molar-refractivity contribution is -0.145. The number of hydrogen-bond acceptors (Lipinski definition) is 5. The Morgan fingerprint density at radius 1 is 1.17 bits per heavy atom. The standard InChI is InChI=1S/C24H32N2O3S/c1-23(2,3)19-15-26(24(4,5)6)22(25-19)30-20-18(27)14-17(29-21(20)28)13-12-16-10-8-7-9-11-16/h7-11,15,17,27H,12-14H2,1-6H3. The summed E-state index contributed by atoms with van der Waals surface area (Å²) in [5, 5.41) is 11.3. The number of ether oxygens (including phenoxy) is 1. The van der Waals surface area contributed by atoms with E-state index in [0.29, 0.717) is 18.0 Å². The van der Waals surface area contributed by atoms with Gasteiger partial charge in [-0.1, -0.05) is 51.1 Å². The molecular weight excluding hydrogens is 396 g/mol. The molecule has 0 bridgehead atoms. The number of esters is 1. The van der Waals surface area contributed by atoms with E-state index < -0.39 is 5.97 Å². The summed E-state index contributed by atoms with van der Waals surface area (Å²) < 4.78 is 7.71. The van der Waals surface area contributed by atoms with E-state index in [-0.39, 0.29) is 27.7 Å². The molecule has 1 aliphatic rings. The third-order valence-electron chi connectivity index (χ3n) is 5.10. The average Bonchev–Trinajstić information content (AvgIpc) is 3.09. The minimum absolute atomic E-state index is 0.0927. The maximum absolute atomic E-state index is 12.7. The highest BCUT2D eigenvalue weighted by Crippen LogP contribution is 2.37. The molecule has 1 N–H and O–H groups in total. The van der Waals surface area contributed by atoms with Gasteiger partial charge in [0.05, 0.1) is 5.69 Å². The van der Waals surface area contributed by atoms with Crippen LogP contribution in [0.1, 0.15) is 65.6 Å². The van der Waals surface area contributed by atoms with Crippen LogP contribution in [0.15, 0.2) is 52.3 Å². The van der Waals surface area contributed by atoms with Gasteiger partial charge >= 0.3 is 5.97 Å². The van der Waals surface area contributed by atoms with Crippen molar-refractivity contribution in [1.29, 1.82) is 0 Å². The predicted molar refractivity (Wildman–Crippen MR) is 121 cm³/mol. The molecule has 0 radical (unpaired) electrons. The SMILES string of the molecule is CC(C)(C)c1cn(C(C)(C)C)c(SC2=C(O)CC(CCc3ccccc3)OC2=O)n1. The van der Waals surface area contributed by atoms with Crippen molar-refractivity contribution in [3.8, 4) is 0 Å². The van der Waals surface area contributed by atoms with Gasteiger partial charge in [0.25, 0.3) is 0 Å². The fraction of sp³-hybridized carbons (Fsp3) is 0.500. The Kier molecular flexibility index (Phi) is 6.37.